The summed E-state index contributed by atoms with van der Waals surface area (Å²) < 4.78 is 18.5. The van der Waals surface area contributed by atoms with Crippen molar-refractivity contribution in [3.63, 3.8) is 0 Å². The molecule has 0 aliphatic heterocycles. The quantitative estimate of drug-likeness (QED) is 0.719. The minimum atomic E-state index is -0.343. The third-order valence-electron chi connectivity index (χ3n) is 2.58. The van der Waals surface area contributed by atoms with Crippen LogP contribution in [0.4, 0.5) is 4.39 Å². The van der Waals surface area contributed by atoms with Crippen molar-refractivity contribution >= 4 is 5.91 Å². The highest BCUT2D eigenvalue weighted by Gasteiger charge is 2.07. The van der Waals surface area contributed by atoms with Crippen LogP contribution in [0.2, 0.25) is 0 Å². The number of rotatable bonds is 7. The highest BCUT2D eigenvalue weighted by molar-refractivity contribution is 5.76. The summed E-state index contributed by atoms with van der Waals surface area (Å²) in [4.78, 5) is 11.4. The lowest BCUT2D eigenvalue weighted by atomic mass is 10.1. The van der Waals surface area contributed by atoms with Crippen molar-refractivity contribution in [3.8, 4) is 5.75 Å². The fourth-order valence-electron chi connectivity index (χ4n) is 1.52. The predicted octanol–water partition coefficient (Wildman–Crippen LogP) is 1.23. The maximum Gasteiger partial charge on any atom is 0.220 e. The van der Waals surface area contributed by atoms with Gasteiger partial charge in [0.25, 0.3) is 0 Å². The topological polar surface area (TPSA) is 64.3 Å². The molecule has 18 heavy (non-hydrogen) atoms. The maximum absolute atomic E-state index is 13.6. The van der Waals surface area contributed by atoms with Crippen molar-refractivity contribution in [1.29, 1.82) is 0 Å². The summed E-state index contributed by atoms with van der Waals surface area (Å²) in [6, 6.07) is 4.65. The Labute approximate surface area is 106 Å². The number of halogens is 1. The van der Waals surface area contributed by atoms with Gasteiger partial charge in [-0.1, -0.05) is 6.07 Å². The van der Waals surface area contributed by atoms with E-state index in [0.717, 1.165) is 6.42 Å². The van der Waals surface area contributed by atoms with Crippen LogP contribution in [0.1, 0.15) is 18.4 Å². The summed E-state index contributed by atoms with van der Waals surface area (Å²) in [5.74, 6) is 0.0476. The molecule has 0 aromatic heterocycles. The van der Waals surface area contributed by atoms with Crippen molar-refractivity contribution in [3.05, 3.63) is 29.6 Å². The Hall–Kier alpha value is -1.62. The number of nitrogens with one attached hydrogen (secondary N) is 1. The average Bonchev–Trinajstić information content (AvgIpc) is 2.37. The first-order chi connectivity index (χ1) is 8.67. The van der Waals surface area contributed by atoms with Gasteiger partial charge >= 0.3 is 0 Å². The number of hydrogen-bond donors (Lipinski definition) is 2. The Morgan fingerprint density at radius 1 is 1.50 bits per heavy atom. The number of nitrogens with two attached hydrogens (primary N) is 1. The molecule has 0 aliphatic carbocycles. The molecule has 1 aromatic carbocycles. The van der Waals surface area contributed by atoms with E-state index in [1.807, 2.05) is 0 Å². The molecule has 0 atom stereocenters. The SMILES string of the molecule is COc1ccc(CCC(=O)NCCCN)c(F)c1. The molecule has 3 N–H and O–H groups in total. The zero-order chi connectivity index (χ0) is 13.4. The first-order valence-corrected chi connectivity index (χ1v) is 5.96. The number of hydrogen-bond acceptors (Lipinski definition) is 3. The lowest BCUT2D eigenvalue weighted by molar-refractivity contribution is -0.121. The van der Waals surface area contributed by atoms with Crippen LogP contribution in [0.3, 0.4) is 0 Å². The van der Waals surface area contributed by atoms with Crippen molar-refractivity contribution in [2.45, 2.75) is 19.3 Å². The summed E-state index contributed by atoms with van der Waals surface area (Å²) in [6.07, 6.45) is 1.40. The highest BCUT2D eigenvalue weighted by Crippen LogP contribution is 2.17. The van der Waals surface area contributed by atoms with Crippen LogP contribution >= 0.6 is 0 Å². The second-order valence-electron chi connectivity index (χ2n) is 3.95. The van der Waals surface area contributed by atoms with Crippen LogP contribution in [0.15, 0.2) is 18.2 Å². The normalized spacial score (nSPS) is 10.2. The first-order valence-electron chi connectivity index (χ1n) is 5.96. The van der Waals surface area contributed by atoms with E-state index < -0.39 is 0 Å². The van der Waals surface area contributed by atoms with Gasteiger partial charge in [0.2, 0.25) is 5.91 Å². The smallest absolute Gasteiger partial charge is 0.220 e. The van der Waals surface area contributed by atoms with Crippen LogP contribution in [-0.2, 0) is 11.2 Å². The first kappa shape index (κ1) is 14.4. The Kier molecular flexibility index (Phi) is 6.14. The lowest BCUT2D eigenvalue weighted by Gasteiger charge is -2.06. The molecule has 4 nitrogen and oxygen atoms in total. The molecule has 5 heteroatoms. The van der Waals surface area contributed by atoms with Crippen molar-refractivity contribution in [1.82, 2.24) is 5.32 Å². The summed E-state index contributed by atoms with van der Waals surface area (Å²) in [7, 11) is 1.49. The number of carbonyl (C=O) groups is 1. The molecule has 0 radical (unpaired) electrons. The number of carbonyl (C=O) groups excluding carboxylic acids is 1. The van der Waals surface area contributed by atoms with E-state index in [2.05, 4.69) is 5.32 Å². The molecule has 100 valence electrons. The molecule has 1 aromatic rings. The molecular formula is C13H19FN2O2. The van der Waals surface area contributed by atoms with E-state index in [0.29, 0.717) is 30.8 Å². The van der Waals surface area contributed by atoms with Gasteiger partial charge in [-0.15, -0.1) is 0 Å². The summed E-state index contributed by atoms with van der Waals surface area (Å²) in [5.41, 5.74) is 5.83. The van der Waals surface area contributed by atoms with Gasteiger partial charge in [-0.2, -0.15) is 0 Å². The molecule has 0 fully saturated rings. The molecule has 0 unspecified atom stereocenters. The van der Waals surface area contributed by atoms with Crippen LogP contribution in [0, 0.1) is 5.82 Å². The van der Waals surface area contributed by atoms with Gasteiger partial charge in [0, 0.05) is 19.0 Å². The van der Waals surface area contributed by atoms with Crippen LogP contribution in [0.5, 0.6) is 5.75 Å². The maximum atomic E-state index is 13.6. The zero-order valence-corrected chi connectivity index (χ0v) is 10.5. The molecule has 0 aliphatic rings. The fourth-order valence-corrected chi connectivity index (χ4v) is 1.52. The van der Waals surface area contributed by atoms with Crippen LogP contribution < -0.4 is 15.8 Å². The standard InChI is InChI=1S/C13H19FN2O2/c1-18-11-5-3-10(12(14)9-11)4-6-13(17)16-8-2-7-15/h3,5,9H,2,4,6-8,15H2,1H3,(H,16,17). The molecule has 1 rings (SSSR count). The number of benzene rings is 1. The van der Waals surface area contributed by atoms with Gasteiger partial charge in [-0.05, 0) is 31.0 Å². The van der Waals surface area contributed by atoms with E-state index >= 15 is 0 Å². The fraction of sp³-hybridized carbons (Fsp3) is 0.462. The van der Waals surface area contributed by atoms with Crippen molar-refractivity contribution in [2.75, 3.05) is 20.2 Å². The Bertz CT molecular complexity index is 397. The summed E-state index contributed by atoms with van der Waals surface area (Å²) >= 11 is 0. The van der Waals surface area contributed by atoms with Gasteiger partial charge in [-0.25, -0.2) is 4.39 Å². The van der Waals surface area contributed by atoms with E-state index in [4.69, 9.17) is 10.5 Å². The van der Waals surface area contributed by atoms with Crippen molar-refractivity contribution < 1.29 is 13.9 Å². The van der Waals surface area contributed by atoms with E-state index in [-0.39, 0.29) is 18.1 Å². The largest absolute Gasteiger partial charge is 0.497 e. The Balaban J connectivity index is 2.41. The van der Waals surface area contributed by atoms with Crippen LogP contribution in [0.25, 0.3) is 0 Å². The van der Waals surface area contributed by atoms with Crippen LogP contribution in [-0.4, -0.2) is 26.1 Å². The monoisotopic (exact) mass is 254 g/mol. The molecule has 0 spiro atoms. The third kappa shape index (κ3) is 4.71. The Morgan fingerprint density at radius 2 is 2.28 bits per heavy atom. The van der Waals surface area contributed by atoms with Crippen molar-refractivity contribution in [2.24, 2.45) is 5.73 Å². The Morgan fingerprint density at radius 3 is 2.89 bits per heavy atom. The second-order valence-corrected chi connectivity index (χ2v) is 3.95. The number of amides is 1. The molecule has 0 saturated carbocycles. The second kappa shape index (κ2) is 7.66. The minimum absolute atomic E-state index is 0.0846. The van der Waals surface area contributed by atoms with Gasteiger partial charge in [-0.3, -0.25) is 4.79 Å². The minimum Gasteiger partial charge on any atom is -0.497 e. The highest BCUT2D eigenvalue weighted by atomic mass is 19.1. The number of methoxy groups -OCH3 is 1. The summed E-state index contributed by atoms with van der Waals surface area (Å²) in [5, 5.41) is 2.73. The zero-order valence-electron chi connectivity index (χ0n) is 10.5. The van der Waals surface area contributed by atoms with Gasteiger partial charge in [0.05, 0.1) is 7.11 Å². The number of aryl methyl sites for hydroxylation is 1. The molecule has 0 bridgehead atoms. The van der Waals surface area contributed by atoms with E-state index in [1.165, 1.54) is 13.2 Å². The average molecular weight is 254 g/mol. The molecular weight excluding hydrogens is 235 g/mol. The predicted molar refractivity (Wildman–Crippen MR) is 68.0 cm³/mol. The molecule has 1 amide bonds. The van der Waals surface area contributed by atoms with Gasteiger partial charge in [0.1, 0.15) is 11.6 Å². The van der Waals surface area contributed by atoms with Gasteiger partial charge < -0.3 is 15.8 Å². The summed E-state index contributed by atoms with van der Waals surface area (Å²) in [6.45, 7) is 1.12. The van der Waals surface area contributed by atoms with Gasteiger partial charge in [0.15, 0.2) is 0 Å². The third-order valence-corrected chi connectivity index (χ3v) is 2.58. The lowest BCUT2D eigenvalue weighted by Crippen LogP contribution is -2.26. The van der Waals surface area contributed by atoms with E-state index in [9.17, 15) is 9.18 Å². The van der Waals surface area contributed by atoms with E-state index in [1.54, 1.807) is 12.1 Å². The number of ether oxygens (including phenoxy) is 1. The molecule has 0 heterocycles. The molecule has 0 saturated heterocycles.